The molecule has 0 spiro atoms. The van der Waals surface area contributed by atoms with E-state index in [0.29, 0.717) is 12.1 Å². The monoisotopic (exact) mass is 194 g/mol. The maximum absolute atomic E-state index is 13.3. The highest BCUT2D eigenvalue weighted by molar-refractivity contribution is 5.79. The van der Waals surface area contributed by atoms with Gasteiger partial charge in [0.25, 0.3) is 0 Å². The highest BCUT2D eigenvalue weighted by Crippen LogP contribution is 2.20. The SMILES string of the molecule is O[CH]c1nc2ccccc2c(F)c1F. The van der Waals surface area contributed by atoms with Crippen molar-refractivity contribution in [3.05, 3.63) is 48.2 Å². The normalized spacial score (nSPS) is 10.8. The average Bonchev–Trinajstić information content (AvgIpc) is 2.23. The van der Waals surface area contributed by atoms with Gasteiger partial charge in [-0.05, 0) is 12.1 Å². The highest BCUT2D eigenvalue weighted by Gasteiger charge is 2.13. The van der Waals surface area contributed by atoms with Crippen molar-refractivity contribution in [3.63, 3.8) is 0 Å². The number of rotatable bonds is 1. The van der Waals surface area contributed by atoms with Crippen LogP contribution < -0.4 is 0 Å². The van der Waals surface area contributed by atoms with Gasteiger partial charge in [0.2, 0.25) is 0 Å². The molecule has 1 radical (unpaired) electrons. The zero-order valence-electron chi connectivity index (χ0n) is 7.04. The Morgan fingerprint density at radius 2 is 1.86 bits per heavy atom. The summed E-state index contributed by atoms with van der Waals surface area (Å²) in [5, 5.41) is 8.72. The van der Waals surface area contributed by atoms with E-state index in [-0.39, 0.29) is 11.1 Å². The van der Waals surface area contributed by atoms with Crippen LogP contribution >= 0.6 is 0 Å². The third-order valence-corrected chi connectivity index (χ3v) is 1.92. The molecule has 1 heterocycles. The van der Waals surface area contributed by atoms with Crippen LogP contribution in [0.4, 0.5) is 8.78 Å². The Morgan fingerprint density at radius 1 is 1.14 bits per heavy atom. The average molecular weight is 194 g/mol. The van der Waals surface area contributed by atoms with Crippen LogP contribution in [0.25, 0.3) is 10.9 Å². The van der Waals surface area contributed by atoms with Gasteiger partial charge in [0.15, 0.2) is 11.6 Å². The van der Waals surface area contributed by atoms with Crippen LogP contribution in [0.5, 0.6) is 0 Å². The molecule has 0 aliphatic heterocycles. The number of benzene rings is 1. The molecule has 0 saturated carbocycles. The number of aliphatic hydroxyl groups is 1. The van der Waals surface area contributed by atoms with E-state index in [1.165, 1.54) is 6.07 Å². The van der Waals surface area contributed by atoms with Crippen molar-refractivity contribution in [2.24, 2.45) is 0 Å². The first-order chi connectivity index (χ1) is 6.74. The molecule has 0 aliphatic rings. The van der Waals surface area contributed by atoms with Gasteiger partial charge in [0.05, 0.1) is 5.52 Å². The number of para-hydroxylation sites is 1. The second-order valence-corrected chi connectivity index (χ2v) is 2.77. The molecule has 4 heteroatoms. The predicted molar refractivity (Wildman–Crippen MR) is 47.0 cm³/mol. The van der Waals surface area contributed by atoms with Crippen LogP contribution in [0.15, 0.2) is 24.3 Å². The van der Waals surface area contributed by atoms with Gasteiger partial charge < -0.3 is 5.11 Å². The summed E-state index contributed by atoms with van der Waals surface area (Å²) >= 11 is 0. The van der Waals surface area contributed by atoms with Crippen molar-refractivity contribution in [1.29, 1.82) is 0 Å². The molecule has 1 aromatic heterocycles. The van der Waals surface area contributed by atoms with Gasteiger partial charge in [0, 0.05) is 5.39 Å². The summed E-state index contributed by atoms with van der Waals surface area (Å²) in [6.45, 7) is 0.449. The molecule has 2 nitrogen and oxygen atoms in total. The smallest absolute Gasteiger partial charge is 0.183 e. The molecule has 71 valence electrons. The fraction of sp³-hybridized carbons (Fsp3) is 0. The lowest BCUT2D eigenvalue weighted by atomic mass is 10.2. The molecule has 0 bridgehead atoms. The van der Waals surface area contributed by atoms with Crippen LogP contribution in [0.1, 0.15) is 5.69 Å². The van der Waals surface area contributed by atoms with Crippen LogP contribution in [-0.2, 0) is 0 Å². The molecule has 1 aromatic carbocycles. The van der Waals surface area contributed by atoms with Crippen LogP contribution in [-0.4, -0.2) is 10.1 Å². The molecule has 0 atom stereocenters. The Balaban J connectivity index is 2.85. The lowest BCUT2D eigenvalue weighted by molar-refractivity contribution is 0.396. The number of aliphatic hydroxyl groups excluding tert-OH is 1. The number of hydrogen-bond acceptors (Lipinski definition) is 2. The van der Waals surface area contributed by atoms with E-state index in [4.69, 9.17) is 5.11 Å². The molecule has 0 saturated heterocycles. The van der Waals surface area contributed by atoms with Crippen molar-refractivity contribution >= 4 is 10.9 Å². The van der Waals surface area contributed by atoms with E-state index in [0.717, 1.165) is 0 Å². The summed E-state index contributed by atoms with van der Waals surface area (Å²) in [5.74, 6) is -2.12. The first-order valence-corrected chi connectivity index (χ1v) is 3.95. The summed E-state index contributed by atoms with van der Waals surface area (Å²) < 4.78 is 26.4. The van der Waals surface area contributed by atoms with Crippen molar-refractivity contribution in [3.8, 4) is 0 Å². The minimum Gasteiger partial charge on any atom is -0.384 e. The lowest BCUT2D eigenvalue weighted by Gasteiger charge is -2.03. The quantitative estimate of drug-likeness (QED) is 0.756. The van der Waals surface area contributed by atoms with E-state index in [1.807, 2.05) is 0 Å². The molecule has 0 aliphatic carbocycles. The second-order valence-electron chi connectivity index (χ2n) is 2.77. The van der Waals surface area contributed by atoms with E-state index in [2.05, 4.69) is 4.98 Å². The van der Waals surface area contributed by atoms with Gasteiger partial charge in [-0.15, -0.1) is 0 Å². The van der Waals surface area contributed by atoms with Gasteiger partial charge in [-0.3, -0.25) is 0 Å². The first-order valence-electron chi connectivity index (χ1n) is 3.95. The van der Waals surface area contributed by atoms with Crippen LogP contribution in [0.3, 0.4) is 0 Å². The first kappa shape index (κ1) is 9.02. The third-order valence-electron chi connectivity index (χ3n) is 1.92. The standard InChI is InChI=1S/C10H6F2NO/c11-9-6-3-1-2-4-7(6)13-8(5-14)10(9)12/h1-5,14H. The Labute approximate surface area is 78.8 Å². The summed E-state index contributed by atoms with van der Waals surface area (Å²) in [4.78, 5) is 3.73. The Kier molecular flexibility index (Phi) is 2.13. The number of halogens is 2. The van der Waals surface area contributed by atoms with Gasteiger partial charge >= 0.3 is 0 Å². The van der Waals surface area contributed by atoms with E-state index in [1.54, 1.807) is 18.2 Å². The minimum absolute atomic E-state index is 0.107. The van der Waals surface area contributed by atoms with Gasteiger partial charge in [0.1, 0.15) is 12.3 Å². The van der Waals surface area contributed by atoms with Gasteiger partial charge in [-0.1, -0.05) is 12.1 Å². The molecule has 2 rings (SSSR count). The highest BCUT2D eigenvalue weighted by atomic mass is 19.2. The summed E-state index contributed by atoms with van der Waals surface area (Å²) in [5.41, 5.74) is -0.0760. The number of hydrogen-bond donors (Lipinski definition) is 1. The molecule has 0 fully saturated rings. The van der Waals surface area contributed by atoms with Crippen molar-refractivity contribution in [2.75, 3.05) is 0 Å². The summed E-state index contributed by atoms with van der Waals surface area (Å²) in [6.07, 6.45) is 0. The summed E-state index contributed by atoms with van der Waals surface area (Å²) in [7, 11) is 0. The van der Waals surface area contributed by atoms with Crippen LogP contribution in [0.2, 0.25) is 0 Å². The third kappa shape index (κ3) is 1.24. The Bertz CT molecular complexity index is 485. The predicted octanol–water partition coefficient (Wildman–Crippen LogP) is 2.40. The maximum Gasteiger partial charge on any atom is 0.183 e. The fourth-order valence-corrected chi connectivity index (χ4v) is 1.25. The lowest BCUT2D eigenvalue weighted by Crippen LogP contribution is -1.98. The molecular formula is C10H6F2NO. The van der Waals surface area contributed by atoms with Gasteiger partial charge in [-0.25, -0.2) is 13.8 Å². The van der Waals surface area contributed by atoms with Crippen molar-refractivity contribution in [2.45, 2.75) is 0 Å². The van der Waals surface area contributed by atoms with Gasteiger partial charge in [-0.2, -0.15) is 0 Å². The van der Waals surface area contributed by atoms with Crippen molar-refractivity contribution in [1.82, 2.24) is 4.98 Å². The van der Waals surface area contributed by atoms with E-state index >= 15 is 0 Å². The summed E-state index contributed by atoms with van der Waals surface area (Å²) in [6, 6.07) is 6.23. The molecule has 0 unspecified atom stereocenters. The zero-order chi connectivity index (χ0) is 10.1. The fourth-order valence-electron chi connectivity index (χ4n) is 1.25. The zero-order valence-corrected chi connectivity index (χ0v) is 7.04. The molecule has 14 heavy (non-hydrogen) atoms. The number of aromatic nitrogens is 1. The number of pyridine rings is 1. The molecule has 2 aromatic rings. The Morgan fingerprint density at radius 3 is 2.57 bits per heavy atom. The topological polar surface area (TPSA) is 33.1 Å². The molecular weight excluding hydrogens is 188 g/mol. The van der Waals surface area contributed by atoms with E-state index in [9.17, 15) is 8.78 Å². The number of fused-ring (bicyclic) bond motifs is 1. The van der Waals surface area contributed by atoms with E-state index < -0.39 is 11.6 Å². The van der Waals surface area contributed by atoms with Crippen molar-refractivity contribution < 1.29 is 13.9 Å². The molecule has 0 amide bonds. The Hall–Kier alpha value is -1.55. The largest absolute Gasteiger partial charge is 0.384 e. The van der Waals surface area contributed by atoms with Crippen LogP contribution in [0, 0.1) is 18.2 Å². The maximum atomic E-state index is 13.3. The molecule has 1 N–H and O–H groups in total. The second kappa shape index (κ2) is 3.31. The number of nitrogens with zero attached hydrogens (tertiary/aromatic N) is 1. The minimum atomic E-state index is -1.13.